The fraction of sp³-hybridized carbons (Fsp3) is 0.412. The topological polar surface area (TPSA) is 63.3 Å². The van der Waals surface area contributed by atoms with Gasteiger partial charge in [0.1, 0.15) is 0 Å². The van der Waals surface area contributed by atoms with E-state index < -0.39 is 0 Å². The maximum absolute atomic E-state index is 5.92. The van der Waals surface area contributed by atoms with Gasteiger partial charge < -0.3 is 11.1 Å². The SMILES string of the molecule is CCC(C)c1ccc(NC(N)=NCCc2ncc(C)s2)cc1.I. The number of thiazole rings is 1. The first kappa shape index (κ1) is 19.9. The lowest BCUT2D eigenvalue weighted by Crippen LogP contribution is -2.23. The van der Waals surface area contributed by atoms with Crippen LogP contribution in [0.15, 0.2) is 35.5 Å². The number of aliphatic imine (C=N–C) groups is 1. The summed E-state index contributed by atoms with van der Waals surface area (Å²) in [6, 6.07) is 8.38. The predicted octanol–water partition coefficient (Wildman–Crippen LogP) is 4.55. The Labute approximate surface area is 159 Å². The molecule has 23 heavy (non-hydrogen) atoms. The van der Waals surface area contributed by atoms with Crippen LogP contribution in [0.4, 0.5) is 5.69 Å². The van der Waals surface area contributed by atoms with E-state index >= 15 is 0 Å². The molecule has 2 aromatic rings. The van der Waals surface area contributed by atoms with Gasteiger partial charge in [0, 0.05) is 29.7 Å². The first-order valence-electron chi connectivity index (χ1n) is 7.66. The van der Waals surface area contributed by atoms with Gasteiger partial charge in [-0.1, -0.05) is 26.0 Å². The third kappa shape index (κ3) is 6.47. The molecule has 1 aromatic carbocycles. The standard InChI is InChI=1S/C17H24N4S.HI/c1-4-12(2)14-5-7-15(8-6-14)21-17(18)19-10-9-16-20-11-13(3)22-16;/h5-8,11-12H,4,9-10H2,1-3H3,(H3,18,19,21);1H. The minimum atomic E-state index is 0. The van der Waals surface area contributed by atoms with Crippen molar-refractivity contribution in [2.45, 2.75) is 39.5 Å². The molecule has 0 bridgehead atoms. The Bertz CT molecular complexity index is 622. The number of rotatable bonds is 6. The number of aromatic nitrogens is 1. The maximum Gasteiger partial charge on any atom is 0.193 e. The Kier molecular flexibility index (Phi) is 8.54. The largest absolute Gasteiger partial charge is 0.370 e. The second kappa shape index (κ2) is 9.87. The lowest BCUT2D eigenvalue weighted by molar-refractivity contribution is 0.734. The highest BCUT2D eigenvalue weighted by atomic mass is 127. The van der Waals surface area contributed by atoms with E-state index in [1.807, 2.05) is 18.3 Å². The van der Waals surface area contributed by atoms with Gasteiger partial charge in [0.15, 0.2) is 5.96 Å². The van der Waals surface area contributed by atoms with E-state index in [-0.39, 0.29) is 24.0 Å². The molecule has 2 rings (SSSR count). The summed E-state index contributed by atoms with van der Waals surface area (Å²) in [6.45, 7) is 7.14. The van der Waals surface area contributed by atoms with E-state index in [0.717, 1.165) is 23.5 Å². The van der Waals surface area contributed by atoms with Gasteiger partial charge in [0.25, 0.3) is 0 Å². The quantitative estimate of drug-likeness (QED) is 0.390. The Morgan fingerprint density at radius 1 is 1.35 bits per heavy atom. The molecule has 0 spiro atoms. The van der Waals surface area contributed by atoms with Gasteiger partial charge in [-0.15, -0.1) is 35.3 Å². The van der Waals surface area contributed by atoms with E-state index in [4.69, 9.17) is 5.73 Å². The van der Waals surface area contributed by atoms with Gasteiger partial charge in [-0.3, -0.25) is 4.99 Å². The van der Waals surface area contributed by atoms with Crippen LogP contribution < -0.4 is 11.1 Å². The van der Waals surface area contributed by atoms with E-state index in [0.29, 0.717) is 18.4 Å². The summed E-state index contributed by atoms with van der Waals surface area (Å²) in [5, 5.41) is 4.23. The van der Waals surface area contributed by atoms with E-state index in [9.17, 15) is 0 Å². The van der Waals surface area contributed by atoms with Gasteiger partial charge >= 0.3 is 0 Å². The average molecular weight is 444 g/mol. The van der Waals surface area contributed by atoms with Crippen molar-refractivity contribution in [3.63, 3.8) is 0 Å². The molecular formula is C17H25IN4S. The van der Waals surface area contributed by atoms with Crippen LogP contribution in [0.25, 0.3) is 0 Å². The number of aryl methyl sites for hydroxylation is 1. The molecule has 126 valence electrons. The predicted molar refractivity (Wildman–Crippen MR) is 111 cm³/mol. The van der Waals surface area contributed by atoms with Gasteiger partial charge in [-0.2, -0.15) is 0 Å². The molecular weight excluding hydrogens is 419 g/mol. The molecule has 1 unspecified atom stereocenters. The summed E-state index contributed by atoms with van der Waals surface area (Å²) >= 11 is 1.71. The lowest BCUT2D eigenvalue weighted by atomic mass is 9.99. The van der Waals surface area contributed by atoms with Crippen LogP contribution >= 0.6 is 35.3 Å². The third-order valence-electron chi connectivity index (χ3n) is 3.64. The highest BCUT2D eigenvalue weighted by molar-refractivity contribution is 14.0. The average Bonchev–Trinajstić information content (AvgIpc) is 2.92. The molecule has 3 N–H and O–H groups in total. The lowest BCUT2D eigenvalue weighted by Gasteiger charge is -2.10. The van der Waals surface area contributed by atoms with Crippen LogP contribution in [-0.4, -0.2) is 17.5 Å². The number of halogens is 1. The number of guanidine groups is 1. The molecule has 0 saturated carbocycles. The summed E-state index contributed by atoms with van der Waals surface area (Å²) < 4.78 is 0. The number of hydrogen-bond acceptors (Lipinski definition) is 3. The van der Waals surface area contributed by atoms with Crippen LogP contribution in [0.3, 0.4) is 0 Å². The molecule has 6 heteroatoms. The highest BCUT2D eigenvalue weighted by Crippen LogP contribution is 2.20. The van der Waals surface area contributed by atoms with Crippen LogP contribution in [0, 0.1) is 6.92 Å². The number of anilines is 1. The Morgan fingerprint density at radius 3 is 2.61 bits per heavy atom. The second-order valence-electron chi connectivity index (χ2n) is 5.44. The number of benzene rings is 1. The minimum absolute atomic E-state index is 0. The van der Waals surface area contributed by atoms with Gasteiger partial charge in [0.2, 0.25) is 0 Å². The molecule has 0 saturated heterocycles. The van der Waals surface area contributed by atoms with Crippen molar-refractivity contribution in [2.75, 3.05) is 11.9 Å². The number of nitrogens with zero attached hydrogens (tertiary/aromatic N) is 2. The Morgan fingerprint density at radius 2 is 2.04 bits per heavy atom. The molecule has 0 amide bonds. The van der Waals surface area contributed by atoms with Gasteiger partial charge in [0.05, 0.1) is 5.01 Å². The van der Waals surface area contributed by atoms with Gasteiger partial charge in [-0.25, -0.2) is 4.98 Å². The maximum atomic E-state index is 5.92. The fourth-order valence-corrected chi connectivity index (χ4v) is 2.88. The number of hydrogen-bond donors (Lipinski definition) is 2. The molecule has 0 aliphatic carbocycles. The summed E-state index contributed by atoms with van der Waals surface area (Å²) in [5.74, 6) is 1.03. The molecule has 0 fully saturated rings. The number of nitrogens with two attached hydrogens (primary N) is 1. The third-order valence-corrected chi connectivity index (χ3v) is 4.61. The van der Waals surface area contributed by atoms with Crippen LogP contribution in [0.5, 0.6) is 0 Å². The zero-order chi connectivity index (χ0) is 15.9. The van der Waals surface area contributed by atoms with E-state index in [1.165, 1.54) is 10.4 Å². The van der Waals surface area contributed by atoms with Crippen molar-refractivity contribution >= 4 is 47.0 Å². The first-order chi connectivity index (χ1) is 10.6. The van der Waals surface area contributed by atoms with Crippen molar-refractivity contribution in [1.82, 2.24) is 4.98 Å². The van der Waals surface area contributed by atoms with Crippen molar-refractivity contribution in [3.05, 3.63) is 45.9 Å². The fourth-order valence-electron chi connectivity index (χ4n) is 2.11. The highest BCUT2D eigenvalue weighted by Gasteiger charge is 2.03. The summed E-state index contributed by atoms with van der Waals surface area (Å²) in [4.78, 5) is 9.89. The molecule has 0 aliphatic heterocycles. The molecule has 1 atom stereocenters. The van der Waals surface area contributed by atoms with E-state index in [1.54, 1.807) is 11.3 Å². The summed E-state index contributed by atoms with van der Waals surface area (Å²) in [7, 11) is 0. The normalized spacial score (nSPS) is 12.6. The second-order valence-corrected chi connectivity index (χ2v) is 6.76. The molecule has 1 aromatic heterocycles. The zero-order valence-corrected chi connectivity index (χ0v) is 17.0. The van der Waals surface area contributed by atoms with Crippen molar-refractivity contribution in [1.29, 1.82) is 0 Å². The van der Waals surface area contributed by atoms with Crippen molar-refractivity contribution in [2.24, 2.45) is 10.7 Å². The summed E-state index contributed by atoms with van der Waals surface area (Å²) in [6.07, 6.45) is 3.87. The van der Waals surface area contributed by atoms with Crippen LogP contribution in [0.2, 0.25) is 0 Å². The monoisotopic (exact) mass is 444 g/mol. The van der Waals surface area contributed by atoms with Gasteiger partial charge in [-0.05, 0) is 37.0 Å². The number of nitrogens with one attached hydrogen (secondary N) is 1. The van der Waals surface area contributed by atoms with Crippen LogP contribution in [0.1, 0.15) is 41.6 Å². The molecule has 1 heterocycles. The minimum Gasteiger partial charge on any atom is -0.370 e. The zero-order valence-electron chi connectivity index (χ0n) is 13.9. The Hall–Kier alpha value is -1.15. The first-order valence-corrected chi connectivity index (χ1v) is 8.48. The molecule has 0 radical (unpaired) electrons. The van der Waals surface area contributed by atoms with Crippen molar-refractivity contribution < 1.29 is 0 Å². The molecule has 0 aliphatic rings. The molecule has 4 nitrogen and oxygen atoms in total. The summed E-state index contributed by atoms with van der Waals surface area (Å²) in [5.41, 5.74) is 8.24. The van der Waals surface area contributed by atoms with E-state index in [2.05, 4.69) is 48.2 Å². The Balaban J connectivity index is 0.00000264. The van der Waals surface area contributed by atoms with Crippen molar-refractivity contribution in [3.8, 4) is 0 Å². The van der Waals surface area contributed by atoms with Crippen LogP contribution in [-0.2, 0) is 6.42 Å². The smallest absolute Gasteiger partial charge is 0.193 e.